The predicted molar refractivity (Wildman–Crippen MR) is 106 cm³/mol. The van der Waals surface area contributed by atoms with Crippen LogP contribution in [-0.2, 0) is 13.1 Å². The third-order valence-electron chi connectivity index (χ3n) is 4.26. The summed E-state index contributed by atoms with van der Waals surface area (Å²) in [5, 5.41) is 9.09. The van der Waals surface area contributed by atoms with Crippen LogP contribution in [-0.4, -0.2) is 29.1 Å². The molecule has 3 aromatic rings. The van der Waals surface area contributed by atoms with Crippen molar-refractivity contribution >= 4 is 5.97 Å². The number of hydrogen-bond acceptors (Lipinski definition) is 3. The highest BCUT2D eigenvalue weighted by Gasteiger charge is 2.09. The van der Waals surface area contributed by atoms with Crippen molar-refractivity contribution in [3.63, 3.8) is 0 Å². The SMILES string of the molecule is O=C(O)c1cccc(OCCN(Cc2ccccc2)Cc2ccccc2)c1. The van der Waals surface area contributed by atoms with Gasteiger partial charge in [0.1, 0.15) is 12.4 Å². The summed E-state index contributed by atoms with van der Waals surface area (Å²) in [5.74, 6) is -0.371. The minimum absolute atomic E-state index is 0.234. The first-order valence-corrected chi connectivity index (χ1v) is 8.97. The van der Waals surface area contributed by atoms with Crippen molar-refractivity contribution in [2.24, 2.45) is 0 Å². The van der Waals surface area contributed by atoms with E-state index in [4.69, 9.17) is 9.84 Å². The largest absolute Gasteiger partial charge is 0.492 e. The monoisotopic (exact) mass is 361 g/mol. The second kappa shape index (κ2) is 9.55. The molecule has 4 nitrogen and oxygen atoms in total. The molecule has 0 radical (unpaired) electrons. The summed E-state index contributed by atoms with van der Waals surface area (Å²) in [6, 6.07) is 27.3. The highest BCUT2D eigenvalue weighted by molar-refractivity contribution is 5.87. The lowest BCUT2D eigenvalue weighted by Gasteiger charge is -2.23. The number of aromatic carboxylic acids is 1. The lowest BCUT2D eigenvalue weighted by atomic mass is 10.1. The standard InChI is InChI=1S/C23H23NO3/c25-23(26)21-12-7-13-22(16-21)27-15-14-24(17-19-8-3-1-4-9-19)18-20-10-5-2-6-11-20/h1-13,16H,14-15,17-18H2,(H,25,26). The van der Waals surface area contributed by atoms with Gasteiger partial charge in [-0.1, -0.05) is 66.7 Å². The normalized spacial score (nSPS) is 10.7. The molecule has 3 aromatic carbocycles. The Morgan fingerprint density at radius 3 is 1.96 bits per heavy atom. The zero-order chi connectivity index (χ0) is 18.9. The van der Waals surface area contributed by atoms with Crippen molar-refractivity contribution in [2.45, 2.75) is 13.1 Å². The van der Waals surface area contributed by atoms with Gasteiger partial charge in [-0.3, -0.25) is 4.90 Å². The fraction of sp³-hybridized carbons (Fsp3) is 0.174. The molecular weight excluding hydrogens is 338 g/mol. The Hall–Kier alpha value is -3.11. The van der Waals surface area contributed by atoms with Gasteiger partial charge in [-0.15, -0.1) is 0 Å². The summed E-state index contributed by atoms with van der Waals surface area (Å²) in [5.41, 5.74) is 2.74. The Balaban J connectivity index is 1.62. The lowest BCUT2D eigenvalue weighted by molar-refractivity contribution is 0.0696. The van der Waals surface area contributed by atoms with E-state index in [0.29, 0.717) is 12.4 Å². The van der Waals surface area contributed by atoms with Gasteiger partial charge in [0.05, 0.1) is 5.56 Å². The molecular formula is C23H23NO3. The van der Waals surface area contributed by atoms with E-state index in [9.17, 15) is 4.79 Å². The Kier molecular flexibility index (Phi) is 6.61. The van der Waals surface area contributed by atoms with Crippen LogP contribution in [0.25, 0.3) is 0 Å². The second-order valence-electron chi connectivity index (χ2n) is 6.36. The predicted octanol–water partition coefficient (Wildman–Crippen LogP) is 4.47. The highest BCUT2D eigenvalue weighted by atomic mass is 16.5. The van der Waals surface area contributed by atoms with Crippen LogP contribution < -0.4 is 4.74 Å². The van der Waals surface area contributed by atoms with Crippen LogP contribution in [0.1, 0.15) is 21.5 Å². The Labute approximate surface area is 159 Å². The fourth-order valence-electron chi connectivity index (χ4n) is 2.91. The van der Waals surface area contributed by atoms with Gasteiger partial charge < -0.3 is 9.84 Å². The molecule has 0 atom stereocenters. The van der Waals surface area contributed by atoms with E-state index in [1.54, 1.807) is 24.3 Å². The lowest BCUT2D eigenvalue weighted by Crippen LogP contribution is -2.27. The van der Waals surface area contributed by atoms with Crippen LogP contribution >= 0.6 is 0 Å². The molecule has 0 aliphatic rings. The van der Waals surface area contributed by atoms with Crippen LogP contribution in [0.15, 0.2) is 84.9 Å². The van der Waals surface area contributed by atoms with Gasteiger partial charge in [0.2, 0.25) is 0 Å². The number of carboxylic acids is 1. The summed E-state index contributed by atoms with van der Waals surface area (Å²) >= 11 is 0. The molecule has 138 valence electrons. The molecule has 0 fully saturated rings. The molecule has 0 spiro atoms. The van der Waals surface area contributed by atoms with Crippen LogP contribution in [0.4, 0.5) is 0 Å². The van der Waals surface area contributed by atoms with E-state index in [0.717, 1.165) is 19.6 Å². The maximum atomic E-state index is 11.1. The summed E-state index contributed by atoms with van der Waals surface area (Å²) < 4.78 is 5.80. The molecule has 0 aromatic heterocycles. The molecule has 0 unspecified atom stereocenters. The second-order valence-corrected chi connectivity index (χ2v) is 6.36. The first-order chi connectivity index (χ1) is 13.2. The number of rotatable bonds is 9. The van der Waals surface area contributed by atoms with Gasteiger partial charge in [0.15, 0.2) is 0 Å². The zero-order valence-electron chi connectivity index (χ0n) is 15.1. The highest BCUT2D eigenvalue weighted by Crippen LogP contribution is 2.14. The van der Waals surface area contributed by atoms with E-state index >= 15 is 0 Å². The summed E-state index contributed by atoms with van der Waals surface area (Å²) in [4.78, 5) is 13.4. The van der Waals surface area contributed by atoms with E-state index in [1.807, 2.05) is 36.4 Å². The molecule has 1 N–H and O–H groups in total. The molecule has 3 rings (SSSR count). The van der Waals surface area contributed by atoms with Crippen LogP contribution in [0.3, 0.4) is 0 Å². The van der Waals surface area contributed by atoms with Gasteiger partial charge in [-0.05, 0) is 29.3 Å². The molecule has 0 heterocycles. The van der Waals surface area contributed by atoms with Crippen molar-refractivity contribution in [1.29, 1.82) is 0 Å². The summed E-state index contributed by atoms with van der Waals surface area (Å²) in [6.45, 7) is 2.88. The van der Waals surface area contributed by atoms with Gasteiger partial charge in [0, 0.05) is 19.6 Å². The average Bonchev–Trinajstić information content (AvgIpc) is 2.70. The topological polar surface area (TPSA) is 49.8 Å². The van der Waals surface area contributed by atoms with Crippen LogP contribution in [0.2, 0.25) is 0 Å². The van der Waals surface area contributed by atoms with E-state index in [1.165, 1.54) is 11.1 Å². The quantitative estimate of drug-likeness (QED) is 0.611. The van der Waals surface area contributed by atoms with Crippen molar-refractivity contribution in [3.05, 3.63) is 102 Å². The van der Waals surface area contributed by atoms with Gasteiger partial charge >= 0.3 is 5.97 Å². The Morgan fingerprint density at radius 1 is 0.815 bits per heavy atom. The number of carboxylic acid groups (broad SMARTS) is 1. The fourth-order valence-corrected chi connectivity index (χ4v) is 2.91. The Morgan fingerprint density at radius 2 is 1.41 bits per heavy atom. The van der Waals surface area contributed by atoms with Crippen molar-refractivity contribution in [2.75, 3.05) is 13.2 Å². The first-order valence-electron chi connectivity index (χ1n) is 8.97. The number of nitrogens with zero attached hydrogens (tertiary/aromatic N) is 1. The number of ether oxygens (including phenoxy) is 1. The average molecular weight is 361 g/mol. The van der Waals surface area contributed by atoms with E-state index in [2.05, 4.69) is 29.2 Å². The smallest absolute Gasteiger partial charge is 0.335 e. The van der Waals surface area contributed by atoms with Gasteiger partial charge in [-0.25, -0.2) is 4.79 Å². The molecule has 27 heavy (non-hydrogen) atoms. The maximum Gasteiger partial charge on any atom is 0.335 e. The third-order valence-corrected chi connectivity index (χ3v) is 4.26. The minimum atomic E-state index is -0.949. The molecule has 0 aliphatic heterocycles. The van der Waals surface area contributed by atoms with Crippen LogP contribution in [0, 0.1) is 0 Å². The maximum absolute atomic E-state index is 11.1. The van der Waals surface area contributed by atoms with Crippen molar-refractivity contribution in [1.82, 2.24) is 4.90 Å². The molecule has 0 amide bonds. The third kappa shape index (κ3) is 5.97. The Bertz CT molecular complexity index is 808. The number of hydrogen-bond donors (Lipinski definition) is 1. The summed E-state index contributed by atoms with van der Waals surface area (Å²) in [6.07, 6.45) is 0. The van der Waals surface area contributed by atoms with Crippen molar-refractivity contribution < 1.29 is 14.6 Å². The molecule has 0 aliphatic carbocycles. The van der Waals surface area contributed by atoms with Gasteiger partial charge in [0.25, 0.3) is 0 Å². The van der Waals surface area contributed by atoms with Crippen LogP contribution in [0.5, 0.6) is 5.75 Å². The summed E-state index contributed by atoms with van der Waals surface area (Å²) in [7, 11) is 0. The van der Waals surface area contributed by atoms with Crippen molar-refractivity contribution in [3.8, 4) is 5.75 Å². The minimum Gasteiger partial charge on any atom is -0.492 e. The zero-order valence-corrected chi connectivity index (χ0v) is 15.1. The van der Waals surface area contributed by atoms with E-state index in [-0.39, 0.29) is 5.56 Å². The first kappa shape index (κ1) is 18.7. The molecule has 0 bridgehead atoms. The number of carbonyl (C=O) groups is 1. The molecule has 0 saturated heterocycles. The van der Waals surface area contributed by atoms with E-state index < -0.39 is 5.97 Å². The molecule has 4 heteroatoms. The van der Waals surface area contributed by atoms with Gasteiger partial charge in [-0.2, -0.15) is 0 Å². The molecule has 0 saturated carbocycles. The number of benzene rings is 3.